The third kappa shape index (κ3) is 1.15. The molecule has 2 nitrogen and oxygen atoms in total. The lowest BCUT2D eigenvalue weighted by molar-refractivity contribution is -0.0405. The highest BCUT2D eigenvalue weighted by atomic mass is 15.1. The molecule has 1 spiro atoms. The number of nitrogens with one attached hydrogen (secondary N) is 2. The van der Waals surface area contributed by atoms with Crippen LogP contribution in [-0.4, -0.2) is 25.7 Å². The molecule has 1 unspecified atom stereocenters. The highest BCUT2D eigenvalue weighted by Gasteiger charge is 2.52. The Labute approximate surface area is 80.5 Å². The molecule has 0 aromatic rings. The zero-order valence-corrected chi connectivity index (χ0v) is 8.31. The van der Waals surface area contributed by atoms with Gasteiger partial charge in [0.15, 0.2) is 0 Å². The first kappa shape index (κ1) is 8.25. The normalized spacial score (nSPS) is 38.3. The van der Waals surface area contributed by atoms with Crippen molar-refractivity contribution in [1.82, 2.24) is 10.6 Å². The van der Waals surface area contributed by atoms with Crippen molar-refractivity contribution in [2.24, 2.45) is 11.3 Å². The highest BCUT2D eigenvalue weighted by Crippen LogP contribution is 2.51. The number of hydrogen-bond donors (Lipinski definition) is 2. The van der Waals surface area contributed by atoms with Gasteiger partial charge in [-0.25, -0.2) is 0 Å². The first-order valence-corrected chi connectivity index (χ1v) is 5.85. The quantitative estimate of drug-likeness (QED) is 0.632. The van der Waals surface area contributed by atoms with E-state index in [0.717, 1.165) is 17.4 Å². The van der Waals surface area contributed by atoms with Gasteiger partial charge in [-0.3, -0.25) is 0 Å². The van der Waals surface area contributed by atoms with Gasteiger partial charge in [0.05, 0.1) is 0 Å². The lowest BCUT2D eigenvalue weighted by atomic mass is 9.55. The Morgan fingerprint density at radius 2 is 1.85 bits per heavy atom. The summed E-state index contributed by atoms with van der Waals surface area (Å²) in [5.41, 5.74) is 0.780. The lowest BCUT2D eigenvalue weighted by Crippen LogP contribution is -2.68. The van der Waals surface area contributed by atoms with Crippen LogP contribution in [0.3, 0.4) is 0 Å². The molecule has 2 saturated heterocycles. The van der Waals surface area contributed by atoms with E-state index in [1.165, 1.54) is 51.7 Å². The van der Waals surface area contributed by atoms with Gasteiger partial charge in [0.2, 0.25) is 0 Å². The average Bonchev–Trinajstić information content (AvgIpc) is 2.01. The molecule has 1 aliphatic carbocycles. The van der Waals surface area contributed by atoms with Crippen LogP contribution in [0.5, 0.6) is 0 Å². The zero-order chi connectivity index (χ0) is 8.73. The molecule has 2 aliphatic heterocycles. The molecule has 3 aliphatic rings. The van der Waals surface area contributed by atoms with E-state index in [9.17, 15) is 0 Å². The van der Waals surface area contributed by atoms with Crippen molar-refractivity contribution < 1.29 is 0 Å². The zero-order valence-electron chi connectivity index (χ0n) is 8.31. The monoisotopic (exact) mass is 180 g/mol. The Balaban J connectivity index is 1.64. The molecule has 2 N–H and O–H groups in total. The maximum absolute atomic E-state index is 3.68. The van der Waals surface area contributed by atoms with Gasteiger partial charge in [-0.1, -0.05) is 6.42 Å². The Bertz CT molecular complexity index is 187. The largest absolute Gasteiger partial charge is 0.317 e. The van der Waals surface area contributed by atoms with Crippen LogP contribution in [0.2, 0.25) is 0 Å². The van der Waals surface area contributed by atoms with Crippen molar-refractivity contribution in [2.45, 2.75) is 38.1 Å². The van der Waals surface area contributed by atoms with Crippen molar-refractivity contribution in [3.05, 3.63) is 0 Å². The summed E-state index contributed by atoms with van der Waals surface area (Å²) in [5.74, 6) is 0.982. The van der Waals surface area contributed by atoms with E-state index in [2.05, 4.69) is 10.6 Å². The molecule has 0 bridgehead atoms. The van der Waals surface area contributed by atoms with Crippen LogP contribution in [0.4, 0.5) is 0 Å². The predicted octanol–water partition coefficient (Wildman–Crippen LogP) is 1.13. The highest BCUT2D eigenvalue weighted by molar-refractivity contribution is 5.09. The summed E-state index contributed by atoms with van der Waals surface area (Å²) in [5, 5.41) is 7.13. The van der Waals surface area contributed by atoms with E-state index in [0.29, 0.717) is 0 Å². The van der Waals surface area contributed by atoms with Crippen molar-refractivity contribution >= 4 is 0 Å². The van der Waals surface area contributed by atoms with Gasteiger partial charge in [-0.15, -0.1) is 0 Å². The summed E-state index contributed by atoms with van der Waals surface area (Å²) in [4.78, 5) is 0. The summed E-state index contributed by atoms with van der Waals surface area (Å²) in [6.07, 6.45) is 7.31. The first-order valence-electron chi connectivity index (χ1n) is 5.85. The Morgan fingerprint density at radius 3 is 2.31 bits per heavy atom. The van der Waals surface area contributed by atoms with Gasteiger partial charge < -0.3 is 10.6 Å². The fourth-order valence-electron chi connectivity index (χ4n) is 3.47. The van der Waals surface area contributed by atoms with E-state index in [4.69, 9.17) is 0 Å². The maximum atomic E-state index is 3.68. The van der Waals surface area contributed by atoms with Crippen LogP contribution >= 0.6 is 0 Å². The molecule has 74 valence electrons. The van der Waals surface area contributed by atoms with E-state index in [1.54, 1.807) is 0 Å². The van der Waals surface area contributed by atoms with Crippen LogP contribution in [0.1, 0.15) is 32.1 Å². The van der Waals surface area contributed by atoms with E-state index >= 15 is 0 Å². The maximum Gasteiger partial charge on any atom is 0.0165 e. The number of piperidine rings is 1. The second-order valence-electron chi connectivity index (χ2n) is 5.16. The molecule has 2 heterocycles. The van der Waals surface area contributed by atoms with E-state index in [-0.39, 0.29) is 0 Å². The molecule has 0 aromatic carbocycles. The van der Waals surface area contributed by atoms with Crippen molar-refractivity contribution in [3.63, 3.8) is 0 Å². The summed E-state index contributed by atoms with van der Waals surface area (Å²) in [6.45, 7) is 3.82. The van der Waals surface area contributed by atoms with Gasteiger partial charge in [0.25, 0.3) is 0 Å². The Kier molecular flexibility index (Phi) is 1.88. The van der Waals surface area contributed by atoms with Crippen molar-refractivity contribution in [3.8, 4) is 0 Å². The number of hydrogen-bond acceptors (Lipinski definition) is 2. The molecule has 1 atom stereocenters. The molecular formula is C11H20N2. The third-order valence-electron chi connectivity index (χ3n) is 4.54. The Morgan fingerprint density at radius 1 is 1.08 bits per heavy atom. The van der Waals surface area contributed by atoms with E-state index in [1.807, 2.05) is 0 Å². The van der Waals surface area contributed by atoms with Crippen LogP contribution in [-0.2, 0) is 0 Å². The standard InChI is InChI=1S/C11H20N2/c1-4-11(5-1)8-13-10(11)9-2-6-12-7-3-9/h9-10,12-13H,1-8H2. The second kappa shape index (κ2) is 2.96. The minimum Gasteiger partial charge on any atom is -0.317 e. The topological polar surface area (TPSA) is 24.1 Å². The summed E-state index contributed by atoms with van der Waals surface area (Å²) in [6, 6.07) is 0.892. The first-order chi connectivity index (χ1) is 6.41. The third-order valence-corrected chi connectivity index (χ3v) is 4.54. The number of rotatable bonds is 1. The van der Waals surface area contributed by atoms with Crippen LogP contribution in [0.15, 0.2) is 0 Å². The fourth-order valence-corrected chi connectivity index (χ4v) is 3.47. The van der Waals surface area contributed by atoms with Crippen LogP contribution in [0.25, 0.3) is 0 Å². The fraction of sp³-hybridized carbons (Fsp3) is 1.00. The minimum absolute atomic E-state index is 0.780. The lowest BCUT2D eigenvalue weighted by Gasteiger charge is -2.60. The average molecular weight is 180 g/mol. The molecule has 0 radical (unpaired) electrons. The molecular weight excluding hydrogens is 160 g/mol. The van der Waals surface area contributed by atoms with Gasteiger partial charge in [0.1, 0.15) is 0 Å². The predicted molar refractivity (Wildman–Crippen MR) is 53.7 cm³/mol. The molecule has 3 fully saturated rings. The van der Waals surface area contributed by atoms with E-state index < -0.39 is 0 Å². The van der Waals surface area contributed by atoms with Gasteiger partial charge in [-0.2, -0.15) is 0 Å². The van der Waals surface area contributed by atoms with Gasteiger partial charge >= 0.3 is 0 Å². The second-order valence-corrected chi connectivity index (χ2v) is 5.16. The molecule has 3 rings (SSSR count). The molecule has 0 aromatic heterocycles. The SMILES string of the molecule is C1CC2(C1)CNC2C1CCNCC1. The van der Waals surface area contributed by atoms with Crippen molar-refractivity contribution in [2.75, 3.05) is 19.6 Å². The minimum atomic E-state index is 0.780. The summed E-state index contributed by atoms with van der Waals surface area (Å²) in [7, 11) is 0. The smallest absolute Gasteiger partial charge is 0.0165 e. The molecule has 0 amide bonds. The summed E-state index contributed by atoms with van der Waals surface area (Å²) >= 11 is 0. The van der Waals surface area contributed by atoms with Crippen LogP contribution < -0.4 is 10.6 Å². The Hall–Kier alpha value is -0.0800. The van der Waals surface area contributed by atoms with Gasteiger partial charge in [-0.05, 0) is 50.1 Å². The van der Waals surface area contributed by atoms with Crippen molar-refractivity contribution in [1.29, 1.82) is 0 Å². The van der Waals surface area contributed by atoms with Crippen LogP contribution in [0, 0.1) is 11.3 Å². The molecule has 13 heavy (non-hydrogen) atoms. The molecule has 1 saturated carbocycles. The molecule has 2 heteroatoms. The van der Waals surface area contributed by atoms with Gasteiger partial charge in [0, 0.05) is 12.6 Å². The summed E-state index contributed by atoms with van der Waals surface area (Å²) < 4.78 is 0.